The summed E-state index contributed by atoms with van der Waals surface area (Å²) >= 11 is 22.0. The zero-order valence-corrected chi connectivity index (χ0v) is 12.8. The van der Waals surface area contributed by atoms with Gasteiger partial charge >= 0.3 is 0 Å². The molecule has 0 aliphatic rings. The molecule has 2 aromatic carbocycles. The minimum atomic E-state index is -0.593. The van der Waals surface area contributed by atoms with E-state index in [0.29, 0.717) is 15.7 Å². The van der Waals surface area contributed by atoms with Crippen LogP contribution in [0.1, 0.15) is 0 Å². The van der Waals surface area contributed by atoms with E-state index in [0.717, 1.165) is 12.1 Å². The topological polar surface area (TPSA) is 52.4 Å². The van der Waals surface area contributed by atoms with E-state index < -0.39 is 4.92 Å². The van der Waals surface area contributed by atoms with E-state index in [1.165, 1.54) is 0 Å². The molecule has 0 N–H and O–H groups in total. The monoisotopic (exact) mass is 349 g/mol. The molecule has 0 saturated carbocycles. The molecule has 0 aliphatic heterocycles. The van der Waals surface area contributed by atoms with Crippen molar-refractivity contribution < 1.29 is 9.66 Å². The van der Waals surface area contributed by atoms with Gasteiger partial charge in [-0.05, 0) is 18.2 Å². The number of nitrogens with zero attached hydrogens (tertiary/aromatic N) is 1. The molecular weight excluding hydrogens is 345 g/mol. The lowest BCUT2D eigenvalue weighted by molar-refractivity contribution is -0.384. The van der Waals surface area contributed by atoms with Crippen LogP contribution in [0.2, 0.25) is 15.1 Å². The molecule has 4 nitrogen and oxygen atoms in total. The molecule has 0 bridgehead atoms. The third kappa shape index (κ3) is 3.30. The van der Waals surface area contributed by atoms with Crippen LogP contribution in [0.4, 0.5) is 5.69 Å². The summed E-state index contributed by atoms with van der Waals surface area (Å²) in [5.41, 5.74) is -0.218. The number of nitro benzene ring substituents is 1. The lowest BCUT2D eigenvalue weighted by atomic mass is 10.3. The largest absolute Gasteiger partial charge is 0.453 e. The zero-order chi connectivity index (χ0) is 14.9. The van der Waals surface area contributed by atoms with E-state index in [9.17, 15) is 10.1 Å². The van der Waals surface area contributed by atoms with E-state index in [-0.39, 0.29) is 21.5 Å². The van der Waals surface area contributed by atoms with Crippen molar-refractivity contribution in [1.29, 1.82) is 0 Å². The SMILES string of the molecule is O=[N+]([O-])c1cc(Cl)c(Oc2ccc(S)cc2Cl)c(Cl)c1. The highest BCUT2D eigenvalue weighted by Crippen LogP contribution is 2.41. The van der Waals surface area contributed by atoms with E-state index in [1.54, 1.807) is 18.2 Å². The summed E-state index contributed by atoms with van der Waals surface area (Å²) in [6, 6.07) is 7.18. The Morgan fingerprint density at radius 3 is 2.15 bits per heavy atom. The average Bonchev–Trinajstić information content (AvgIpc) is 2.35. The molecular formula is C12H6Cl3NO3S. The Kier molecular flexibility index (Phi) is 4.65. The molecule has 0 saturated heterocycles. The van der Waals surface area contributed by atoms with Gasteiger partial charge in [-0.25, -0.2) is 0 Å². The van der Waals surface area contributed by atoms with Crippen LogP contribution in [-0.4, -0.2) is 4.92 Å². The summed E-state index contributed by atoms with van der Waals surface area (Å²) in [4.78, 5) is 10.8. The maximum atomic E-state index is 10.7. The summed E-state index contributed by atoms with van der Waals surface area (Å²) in [5.74, 6) is 0.426. The van der Waals surface area contributed by atoms with Crippen molar-refractivity contribution in [2.75, 3.05) is 0 Å². The van der Waals surface area contributed by atoms with Gasteiger partial charge < -0.3 is 4.74 Å². The van der Waals surface area contributed by atoms with E-state index in [1.807, 2.05) is 0 Å². The number of hydrogen-bond acceptors (Lipinski definition) is 4. The summed E-state index contributed by atoms with van der Waals surface area (Å²) < 4.78 is 5.51. The first-order valence-electron chi connectivity index (χ1n) is 5.18. The standard InChI is InChI=1S/C12H6Cl3NO3S/c13-8-5-7(20)1-2-11(8)19-12-9(14)3-6(16(17)18)4-10(12)15/h1-5,20H. The molecule has 104 valence electrons. The minimum absolute atomic E-state index is 0.0233. The second-order valence-electron chi connectivity index (χ2n) is 3.71. The van der Waals surface area contributed by atoms with Crippen molar-refractivity contribution in [3.05, 3.63) is 55.5 Å². The summed E-state index contributed by atoms with van der Waals surface area (Å²) in [6.07, 6.45) is 0. The van der Waals surface area contributed by atoms with Crippen LogP contribution in [0, 0.1) is 10.1 Å². The first kappa shape index (κ1) is 15.3. The smallest absolute Gasteiger partial charge is 0.272 e. The van der Waals surface area contributed by atoms with Crippen LogP contribution >= 0.6 is 47.4 Å². The molecule has 0 atom stereocenters. The number of thiol groups is 1. The third-order valence-electron chi connectivity index (χ3n) is 2.32. The minimum Gasteiger partial charge on any atom is -0.453 e. The molecule has 0 radical (unpaired) electrons. The highest BCUT2D eigenvalue weighted by Gasteiger charge is 2.17. The molecule has 8 heteroatoms. The van der Waals surface area contributed by atoms with Gasteiger partial charge in [0, 0.05) is 17.0 Å². The Morgan fingerprint density at radius 1 is 1.05 bits per heavy atom. The van der Waals surface area contributed by atoms with Gasteiger partial charge in [-0.15, -0.1) is 12.6 Å². The summed E-state index contributed by atoms with van der Waals surface area (Å²) in [6.45, 7) is 0. The molecule has 2 aromatic rings. The Labute approximate surface area is 134 Å². The maximum Gasteiger partial charge on any atom is 0.272 e. The number of rotatable bonds is 3. The third-order valence-corrected chi connectivity index (χ3v) is 3.46. The van der Waals surface area contributed by atoms with Gasteiger partial charge in [0.05, 0.1) is 20.0 Å². The fourth-order valence-corrected chi connectivity index (χ4v) is 2.48. The highest BCUT2D eigenvalue weighted by molar-refractivity contribution is 7.80. The van der Waals surface area contributed by atoms with E-state index >= 15 is 0 Å². The molecule has 0 fully saturated rings. The Balaban J connectivity index is 2.41. The molecule has 0 unspecified atom stereocenters. The lowest BCUT2D eigenvalue weighted by Crippen LogP contribution is -1.92. The van der Waals surface area contributed by atoms with Gasteiger partial charge in [-0.3, -0.25) is 10.1 Å². The number of ether oxygens (including phenoxy) is 1. The number of nitro groups is 1. The van der Waals surface area contributed by atoms with Crippen LogP contribution in [0.5, 0.6) is 11.5 Å². The van der Waals surface area contributed by atoms with Gasteiger partial charge in [0.25, 0.3) is 5.69 Å². The van der Waals surface area contributed by atoms with E-state index in [2.05, 4.69) is 12.6 Å². The molecule has 0 aromatic heterocycles. The first-order chi connectivity index (χ1) is 9.38. The van der Waals surface area contributed by atoms with Crippen molar-refractivity contribution in [2.24, 2.45) is 0 Å². The predicted octanol–water partition coefficient (Wildman–Crippen LogP) is 5.64. The normalized spacial score (nSPS) is 10.4. The number of non-ortho nitro benzene ring substituents is 1. The quantitative estimate of drug-likeness (QED) is 0.443. The fraction of sp³-hybridized carbons (Fsp3) is 0. The molecule has 2 rings (SSSR count). The zero-order valence-electron chi connectivity index (χ0n) is 9.64. The van der Waals surface area contributed by atoms with Crippen molar-refractivity contribution in [3.63, 3.8) is 0 Å². The van der Waals surface area contributed by atoms with Gasteiger partial charge in [-0.1, -0.05) is 34.8 Å². The van der Waals surface area contributed by atoms with Gasteiger partial charge in [0.1, 0.15) is 5.75 Å². The molecule has 20 heavy (non-hydrogen) atoms. The van der Waals surface area contributed by atoms with Crippen molar-refractivity contribution >= 4 is 53.1 Å². The number of benzene rings is 2. The Hall–Kier alpha value is -1.14. The van der Waals surface area contributed by atoms with Crippen molar-refractivity contribution in [1.82, 2.24) is 0 Å². The van der Waals surface area contributed by atoms with Crippen LogP contribution in [0.25, 0.3) is 0 Å². The fourth-order valence-electron chi connectivity index (χ4n) is 1.43. The lowest BCUT2D eigenvalue weighted by Gasteiger charge is -2.11. The average molecular weight is 351 g/mol. The van der Waals surface area contributed by atoms with Crippen LogP contribution in [0.3, 0.4) is 0 Å². The summed E-state index contributed by atoms with van der Waals surface area (Å²) in [5, 5.41) is 11.1. The van der Waals surface area contributed by atoms with Crippen molar-refractivity contribution in [2.45, 2.75) is 4.90 Å². The Morgan fingerprint density at radius 2 is 1.65 bits per heavy atom. The maximum absolute atomic E-state index is 10.7. The molecule has 0 heterocycles. The summed E-state index contributed by atoms with van der Waals surface area (Å²) in [7, 11) is 0. The second-order valence-corrected chi connectivity index (χ2v) is 5.45. The van der Waals surface area contributed by atoms with Gasteiger partial charge in [0.15, 0.2) is 5.75 Å². The van der Waals surface area contributed by atoms with Crippen LogP contribution in [-0.2, 0) is 0 Å². The Bertz CT molecular complexity index is 671. The highest BCUT2D eigenvalue weighted by atomic mass is 35.5. The first-order valence-corrected chi connectivity index (χ1v) is 6.76. The molecule has 0 spiro atoms. The van der Waals surface area contributed by atoms with Crippen molar-refractivity contribution in [3.8, 4) is 11.5 Å². The number of hydrogen-bond donors (Lipinski definition) is 1. The predicted molar refractivity (Wildman–Crippen MR) is 81.9 cm³/mol. The van der Waals surface area contributed by atoms with E-state index in [4.69, 9.17) is 39.5 Å². The van der Waals surface area contributed by atoms with Crippen LogP contribution in [0.15, 0.2) is 35.2 Å². The van der Waals surface area contributed by atoms with Gasteiger partial charge in [-0.2, -0.15) is 0 Å². The van der Waals surface area contributed by atoms with Crippen LogP contribution < -0.4 is 4.74 Å². The van der Waals surface area contributed by atoms with Gasteiger partial charge in [0.2, 0.25) is 0 Å². The molecule has 0 aliphatic carbocycles. The number of halogens is 3. The second kappa shape index (κ2) is 6.10. The molecule has 0 amide bonds.